The molecular formula is C7H12N4O2. The quantitative estimate of drug-likeness (QED) is 0.397. The lowest BCUT2D eigenvalue weighted by Crippen LogP contribution is -1.99. The van der Waals surface area contributed by atoms with Gasteiger partial charge in [-0.2, -0.15) is 0 Å². The molecule has 13 heavy (non-hydrogen) atoms. The first-order chi connectivity index (χ1) is 6.24. The number of unbranched alkanes of at least 4 members (excludes halogenated alkanes) is 1. The van der Waals surface area contributed by atoms with Crippen LogP contribution in [0.5, 0.6) is 0 Å². The Hall–Kier alpha value is -1.43. The van der Waals surface area contributed by atoms with Gasteiger partial charge >= 0.3 is 5.82 Å². The number of aromatic amines is 1. The number of hydrogen-bond donors (Lipinski definition) is 2. The second kappa shape index (κ2) is 4.56. The summed E-state index contributed by atoms with van der Waals surface area (Å²) in [5.41, 5.74) is 6.03. The van der Waals surface area contributed by atoms with Gasteiger partial charge in [0.2, 0.25) is 0 Å². The molecule has 0 saturated heterocycles. The van der Waals surface area contributed by atoms with E-state index < -0.39 is 4.92 Å². The van der Waals surface area contributed by atoms with Crippen LogP contribution in [0, 0.1) is 10.1 Å². The van der Waals surface area contributed by atoms with Crippen LogP contribution in [-0.2, 0) is 6.42 Å². The van der Waals surface area contributed by atoms with Crippen LogP contribution in [0.15, 0.2) is 6.07 Å². The Morgan fingerprint density at radius 1 is 1.62 bits per heavy atom. The Morgan fingerprint density at radius 3 is 2.92 bits per heavy atom. The number of nitrogens with one attached hydrogen (secondary N) is 1. The first kappa shape index (κ1) is 9.66. The summed E-state index contributed by atoms with van der Waals surface area (Å²) in [5, 5.41) is 16.4. The molecule has 0 atom stereocenters. The van der Waals surface area contributed by atoms with Gasteiger partial charge in [0.25, 0.3) is 0 Å². The number of aryl methyl sites for hydroxylation is 1. The lowest BCUT2D eigenvalue weighted by Gasteiger charge is -1.91. The third kappa shape index (κ3) is 2.83. The minimum absolute atomic E-state index is 0.0530. The number of rotatable bonds is 5. The molecule has 0 saturated carbocycles. The number of nitrogens with zero attached hydrogens (tertiary/aromatic N) is 2. The van der Waals surface area contributed by atoms with Gasteiger partial charge in [0, 0.05) is 0 Å². The average Bonchev–Trinajstić information content (AvgIpc) is 2.53. The number of hydrogen-bond acceptors (Lipinski definition) is 4. The van der Waals surface area contributed by atoms with Crippen LogP contribution in [0.25, 0.3) is 0 Å². The maximum Gasteiger partial charge on any atom is 0.342 e. The Bertz CT molecular complexity index is 284. The van der Waals surface area contributed by atoms with Crippen molar-refractivity contribution < 1.29 is 4.92 Å². The summed E-state index contributed by atoms with van der Waals surface area (Å²) in [6.45, 7) is 0.645. The SMILES string of the molecule is NCCCCc1cc([N+](=O)[O-])[nH]n1. The van der Waals surface area contributed by atoms with E-state index in [1.165, 1.54) is 6.07 Å². The number of nitrogens with two attached hydrogens (primary N) is 1. The largest absolute Gasteiger partial charge is 0.358 e. The van der Waals surface area contributed by atoms with Crippen molar-refractivity contribution in [2.24, 2.45) is 5.73 Å². The Morgan fingerprint density at radius 2 is 2.38 bits per heavy atom. The van der Waals surface area contributed by atoms with Gasteiger partial charge in [0.05, 0.1) is 11.8 Å². The molecular weight excluding hydrogens is 172 g/mol. The standard InChI is InChI=1S/C7H12N4O2/c8-4-2-1-3-6-5-7(10-9-6)11(12)13/h5H,1-4,8H2,(H,9,10). The van der Waals surface area contributed by atoms with Crippen molar-refractivity contribution in [3.63, 3.8) is 0 Å². The molecule has 0 aliphatic heterocycles. The summed E-state index contributed by atoms with van der Waals surface area (Å²) in [6.07, 6.45) is 2.57. The molecule has 1 rings (SSSR count). The van der Waals surface area contributed by atoms with Crippen LogP contribution >= 0.6 is 0 Å². The molecule has 0 bridgehead atoms. The van der Waals surface area contributed by atoms with Crippen LogP contribution < -0.4 is 5.73 Å². The molecule has 6 heteroatoms. The smallest absolute Gasteiger partial charge is 0.342 e. The molecule has 0 aromatic carbocycles. The molecule has 0 aliphatic carbocycles. The second-order valence-electron chi connectivity index (χ2n) is 2.75. The zero-order valence-corrected chi connectivity index (χ0v) is 7.19. The average molecular weight is 184 g/mol. The number of H-pyrrole nitrogens is 1. The molecule has 1 heterocycles. The first-order valence-electron chi connectivity index (χ1n) is 4.13. The van der Waals surface area contributed by atoms with Gasteiger partial charge in [0.15, 0.2) is 0 Å². The lowest BCUT2D eigenvalue weighted by molar-refractivity contribution is -0.389. The molecule has 0 radical (unpaired) electrons. The zero-order chi connectivity index (χ0) is 9.68. The molecule has 1 aromatic rings. The van der Waals surface area contributed by atoms with Gasteiger partial charge in [-0.15, -0.1) is 5.10 Å². The van der Waals surface area contributed by atoms with Crippen LogP contribution in [-0.4, -0.2) is 21.7 Å². The third-order valence-electron chi connectivity index (χ3n) is 1.70. The van der Waals surface area contributed by atoms with E-state index in [9.17, 15) is 10.1 Å². The van der Waals surface area contributed by atoms with Crippen LogP contribution in [0.4, 0.5) is 5.82 Å². The molecule has 1 aromatic heterocycles. The second-order valence-corrected chi connectivity index (χ2v) is 2.75. The van der Waals surface area contributed by atoms with Crippen LogP contribution in [0.2, 0.25) is 0 Å². The van der Waals surface area contributed by atoms with E-state index in [4.69, 9.17) is 5.73 Å². The summed E-state index contributed by atoms with van der Waals surface area (Å²) in [7, 11) is 0. The minimum Gasteiger partial charge on any atom is -0.358 e. The topological polar surface area (TPSA) is 97.8 Å². The lowest BCUT2D eigenvalue weighted by atomic mass is 10.2. The van der Waals surface area contributed by atoms with Crippen molar-refractivity contribution in [2.75, 3.05) is 6.54 Å². The molecule has 0 spiro atoms. The highest BCUT2D eigenvalue weighted by molar-refractivity contribution is 5.20. The Labute approximate surface area is 75.3 Å². The van der Waals surface area contributed by atoms with E-state index in [2.05, 4.69) is 10.2 Å². The fourth-order valence-corrected chi connectivity index (χ4v) is 1.02. The maximum absolute atomic E-state index is 10.3. The summed E-state index contributed by atoms with van der Waals surface area (Å²) in [4.78, 5) is 9.77. The first-order valence-corrected chi connectivity index (χ1v) is 4.13. The van der Waals surface area contributed by atoms with E-state index in [0.29, 0.717) is 6.54 Å². The van der Waals surface area contributed by atoms with E-state index in [1.807, 2.05) is 0 Å². The number of aromatic nitrogens is 2. The van der Waals surface area contributed by atoms with Crippen molar-refractivity contribution in [3.8, 4) is 0 Å². The maximum atomic E-state index is 10.3. The van der Waals surface area contributed by atoms with Crippen molar-refractivity contribution >= 4 is 5.82 Å². The van der Waals surface area contributed by atoms with E-state index in [0.717, 1.165) is 25.0 Å². The molecule has 0 aliphatic rings. The van der Waals surface area contributed by atoms with Crippen molar-refractivity contribution in [2.45, 2.75) is 19.3 Å². The van der Waals surface area contributed by atoms with Gasteiger partial charge in [0.1, 0.15) is 0 Å². The van der Waals surface area contributed by atoms with E-state index in [1.54, 1.807) is 0 Å². The molecule has 3 N–H and O–H groups in total. The normalized spacial score (nSPS) is 10.2. The summed E-state index contributed by atoms with van der Waals surface area (Å²) >= 11 is 0. The van der Waals surface area contributed by atoms with Crippen molar-refractivity contribution in [1.82, 2.24) is 10.2 Å². The molecule has 6 nitrogen and oxygen atoms in total. The fourth-order valence-electron chi connectivity index (χ4n) is 1.02. The number of nitro groups is 1. The Kier molecular flexibility index (Phi) is 3.39. The summed E-state index contributed by atoms with van der Waals surface area (Å²) < 4.78 is 0. The minimum atomic E-state index is -0.487. The molecule has 0 amide bonds. The molecule has 72 valence electrons. The van der Waals surface area contributed by atoms with Gasteiger partial charge in [-0.3, -0.25) is 0 Å². The highest BCUT2D eigenvalue weighted by Gasteiger charge is 2.08. The van der Waals surface area contributed by atoms with Crippen molar-refractivity contribution in [3.05, 3.63) is 21.9 Å². The highest BCUT2D eigenvalue weighted by Crippen LogP contribution is 2.09. The predicted molar refractivity (Wildman–Crippen MR) is 47.2 cm³/mol. The van der Waals surface area contributed by atoms with Gasteiger partial charge in [-0.25, -0.2) is 0 Å². The third-order valence-corrected chi connectivity index (χ3v) is 1.70. The van der Waals surface area contributed by atoms with Gasteiger partial charge in [-0.05, 0) is 30.7 Å². The van der Waals surface area contributed by atoms with Gasteiger partial charge < -0.3 is 15.8 Å². The molecule has 0 unspecified atom stereocenters. The Balaban J connectivity index is 2.44. The van der Waals surface area contributed by atoms with Crippen molar-refractivity contribution in [1.29, 1.82) is 0 Å². The highest BCUT2D eigenvalue weighted by atomic mass is 16.6. The summed E-state index contributed by atoms with van der Waals surface area (Å²) in [5.74, 6) is -0.0530. The summed E-state index contributed by atoms with van der Waals surface area (Å²) in [6, 6.07) is 1.45. The zero-order valence-electron chi connectivity index (χ0n) is 7.19. The van der Waals surface area contributed by atoms with E-state index in [-0.39, 0.29) is 5.82 Å². The predicted octanol–water partition coefficient (Wildman–Crippen LogP) is 0.599. The van der Waals surface area contributed by atoms with Crippen LogP contribution in [0.3, 0.4) is 0 Å². The van der Waals surface area contributed by atoms with Crippen LogP contribution in [0.1, 0.15) is 18.5 Å². The van der Waals surface area contributed by atoms with Gasteiger partial charge in [-0.1, -0.05) is 5.10 Å². The molecule has 0 fully saturated rings. The monoisotopic (exact) mass is 184 g/mol. The van der Waals surface area contributed by atoms with E-state index >= 15 is 0 Å². The fraction of sp³-hybridized carbons (Fsp3) is 0.571.